The van der Waals surface area contributed by atoms with E-state index < -0.39 is 0 Å². The van der Waals surface area contributed by atoms with Crippen LogP contribution >= 0.6 is 0 Å². The average molecular weight is 336 g/mol. The molecule has 3 fully saturated rings. The smallest absolute Gasteiger partial charge is 0.0885 e. The van der Waals surface area contributed by atoms with Crippen molar-refractivity contribution in [3.63, 3.8) is 0 Å². The highest BCUT2D eigenvalue weighted by Crippen LogP contribution is 2.28. The molecule has 3 rings (SSSR count). The molecule has 2 atom stereocenters. The lowest BCUT2D eigenvalue weighted by Crippen LogP contribution is -3.13. The number of hydrogen-bond donors (Lipinski definition) is 1. The van der Waals surface area contributed by atoms with Crippen LogP contribution in [0.3, 0.4) is 0 Å². The van der Waals surface area contributed by atoms with Crippen molar-refractivity contribution in [2.75, 3.05) is 33.2 Å². The van der Waals surface area contributed by atoms with Crippen molar-refractivity contribution in [2.24, 2.45) is 11.8 Å². The molecule has 24 heavy (non-hydrogen) atoms. The van der Waals surface area contributed by atoms with Gasteiger partial charge in [0.1, 0.15) is 0 Å². The van der Waals surface area contributed by atoms with E-state index >= 15 is 0 Å². The number of piperidine rings is 1. The molecule has 2 heteroatoms. The van der Waals surface area contributed by atoms with Crippen LogP contribution in [0.1, 0.15) is 89.9 Å². The van der Waals surface area contributed by atoms with Crippen molar-refractivity contribution in [1.29, 1.82) is 0 Å². The zero-order chi connectivity index (χ0) is 16.6. The van der Waals surface area contributed by atoms with Crippen LogP contribution in [-0.2, 0) is 0 Å². The third-order valence-corrected chi connectivity index (χ3v) is 7.35. The van der Waals surface area contributed by atoms with Gasteiger partial charge in [0.2, 0.25) is 0 Å². The zero-order valence-corrected chi connectivity index (χ0v) is 16.4. The fourth-order valence-electron chi connectivity index (χ4n) is 5.70. The minimum Gasteiger partial charge on any atom is -0.335 e. The number of quaternary nitrogens is 1. The van der Waals surface area contributed by atoms with E-state index in [4.69, 9.17) is 0 Å². The Morgan fingerprint density at radius 3 is 1.79 bits per heavy atom. The average Bonchev–Trinajstić information content (AvgIpc) is 2.62. The molecule has 1 heterocycles. The summed E-state index contributed by atoms with van der Waals surface area (Å²) in [6, 6.07) is 0.943. The van der Waals surface area contributed by atoms with Gasteiger partial charge in [0.25, 0.3) is 0 Å². The summed E-state index contributed by atoms with van der Waals surface area (Å²) in [6.45, 7) is 5.63. The number of nitrogens with one attached hydrogen (secondary N) is 1. The normalized spacial score (nSPS) is 30.8. The lowest BCUT2D eigenvalue weighted by atomic mass is 9.86. The Bertz CT molecular complexity index is 311. The number of nitrogens with zero attached hydrogens (tertiary/aromatic N) is 1. The molecule has 3 aliphatic rings. The molecule has 140 valence electrons. The molecule has 0 radical (unpaired) electrons. The second-order valence-electron chi connectivity index (χ2n) is 9.35. The lowest BCUT2D eigenvalue weighted by Gasteiger charge is -2.36. The van der Waals surface area contributed by atoms with E-state index in [0.717, 1.165) is 17.9 Å². The van der Waals surface area contributed by atoms with Gasteiger partial charge in [-0.25, -0.2) is 0 Å². The van der Waals surface area contributed by atoms with Crippen LogP contribution in [0.2, 0.25) is 0 Å². The molecule has 2 aliphatic carbocycles. The second-order valence-corrected chi connectivity index (χ2v) is 9.35. The highest BCUT2D eigenvalue weighted by molar-refractivity contribution is 4.76. The van der Waals surface area contributed by atoms with Crippen molar-refractivity contribution < 1.29 is 4.90 Å². The Morgan fingerprint density at radius 2 is 1.25 bits per heavy atom. The van der Waals surface area contributed by atoms with E-state index in [1.807, 2.05) is 4.90 Å². The Morgan fingerprint density at radius 1 is 0.708 bits per heavy atom. The van der Waals surface area contributed by atoms with Gasteiger partial charge >= 0.3 is 0 Å². The summed E-state index contributed by atoms with van der Waals surface area (Å²) in [6.07, 6.45) is 20.9. The van der Waals surface area contributed by atoms with Crippen molar-refractivity contribution in [3.05, 3.63) is 0 Å². The topological polar surface area (TPSA) is 7.68 Å². The minimum atomic E-state index is 0.943. The van der Waals surface area contributed by atoms with Gasteiger partial charge < -0.3 is 9.80 Å². The molecule has 0 bridgehead atoms. The van der Waals surface area contributed by atoms with Gasteiger partial charge in [0.05, 0.1) is 19.6 Å². The molecule has 0 amide bonds. The minimum absolute atomic E-state index is 0.943. The molecule has 1 aliphatic heterocycles. The van der Waals surface area contributed by atoms with Crippen molar-refractivity contribution in [2.45, 2.75) is 95.9 Å². The molecule has 1 saturated heterocycles. The molecule has 0 spiro atoms. The van der Waals surface area contributed by atoms with Gasteiger partial charge in [-0.05, 0) is 56.8 Å². The Labute approximate surface area is 151 Å². The fraction of sp³-hybridized carbons (Fsp3) is 1.00. The van der Waals surface area contributed by atoms with Crippen LogP contribution in [0.4, 0.5) is 0 Å². The zero-order valence-electron chi connectivity index (χ0n) is 16.4. The predicted octanol–water partition coefficient (Wildman–Crippen LogP) is 3.91. The Hall–Kier alpha value is -0.0800. The highest BCUT2D eigenvalue weighted by atomic mass is 15.2. The van der Waals surface area contributed by atoms with E-state index in [2.05, 4.69) is 11.9 Å². The van der Waals surface area contributed by atoms with Gasteiger partial charge in [-0.3, -0.25) is 0 Å². The molecular weight excluding hydrogens is 292 g/mol. The molecule has 2 unspecified atom stereocenters. The Balaban J connectivity index is 1.49. The van der Waals surface area contributed by atoms with E-state index in [1.54, 1.807) is 0 Å². The summed E-state index contributed by atoms with van der Waals surface area (Å²) >= 11 is 0. The van der Waals surface area contributed by atoms with E-state index in [0.29, 0.717) is 0 Å². The van der Waals surface area contributed by atoms with Crippen molar-refractivity contribution >= 4 is 0 Å². The van der Waals surface area contributed by atoms with Gasteiger partial charge in [0, 0.05) is 26.1 Å². The van der Waals surface area contributed by atoms with Crippen molar-refractivity contribution in [1.82, 2.24) is 4.90 Å². The standard InChI is InChI=1S/C22H42N2/c1-23-16-9-8-14-22(23)15-17-24(18-20-10-4-2-5-11-20)19-21-12-6-3-7-13-21/h20-22H,2-19H2,1H3/p+1. The maximum absolute atomic E-state index is 2.92. The third kappa shape index (κ3) is 6.02. The summed E-state index contributed by atoms with van der Waals surface area (Å²) < 4.78 is 0. The monoisotopic (exact) mass is 335 g/mol. The predicted molar refractivity (Wildman–Crippen MR) is 104 cm³/mol. The second kappa shape index (κ2) is 10.2. The molecular formula is C22H43N2+. The summed E-state index contributed by atoms with van der Waals surface area (Å²) in [7, 11) is 2.44. The van der Waals surface area contributed by atoms with Crippen LogP contribution < -0.4 is 4.90 Å². The largest absolute Gasteiger partial charge is 0.335 e. The van der Waals surface area contributed by atoms with E-state index in [-0.39, 0.29) is 0 Å². The highest BCUT2D eigenvalue weighted by Gasteiger charge is 2.25. The third-order valence-electron chi connectivity index (χ3n) is 7.35. The van der Waals surface area contributed by atoms with Gasteiger partial charge in [-0.15, -0.1) is 0 Å². The van der Waals surface area contributed by atoms with Crippen LogP contribution in [0.15, 0.2) is 0 Å². The van der Waals surface area contributed by atoms with E-state index in [9.17, 15) is 0 Å². The van der Waals surface area contributed by atoms with Gasteiger partial charge in [-0.1, -0.05) is 38.5 Å². The van der Waals surface area contributed by atoms with Gasteiger partial charge in [-0.2, -0.15) is 0 Å². The summed E-state index contributed by atoms with van der Waals surface area (Å²) in [5.41, 5.74) is 0. The van der Waals surface area contributed by atoms with E-state index in [1.165, 1.54) is 116 Å². The summed E-state index contributed by atoms with van der Waals surface area (Å²) in [5.74, 6) is 2.03. The SMILES string of the molecule is C[NH+]1CCCCC1CCN(CC1CCCCC1)CC1CCCCC1. The molecule has 1 N–H and O–H groups in total. The maximum atomic E-state index is 2.92. The summed E-state index contributed by atoms with van der Waals surface area (Å²) in [4.78, 5) is 4.74. The van der Waals surface area contributed by atoms with Gasteiger partial charge in [0.15, 0.2) is 0 Å². The molecule has 2 nitrogen and oxygen atoms in total. The Kier molecular flexibility index (Phi) is 7.92. The van der Waals surface area contributed by atoms with Crippen LogP contribution in [0.25, 0.3) is 0 Å². The lowest BCUT2D eigenvalue weighted by molar-refractivity contribution is -0.911. The van der Waals surface area contributed by atoms with Crippen LogP contribution in [0.5, 0.6) is 0 Å². The first-order valence-electron chi connectivity index (χ1n) is 11.4. The number of rotatable bonds is 7. The first-order valence-corrected chi connectivity index (χ1v) is 11.4. The number of hydrogen-bond acceptors (Lipinski definition) is 1. The van der Waals surface area contributed by atoms with Crippen LogP contribution in [0, 0.1) is 11.8 Å². The summed E-state index contributed by atoms with van der Waals surface area (Å²) in [5, 5.41) is 0. The molecule has 0 aromatic carbocycles. The van der Waals surface area contributed by atoms with Crippen LogP contribution in [-0.4, -0.2) is 44.2 Å². The molecule has 0 aromatic rings. The fourth-order valence-corrected chi connectivity index (χ4v) is 5.70. The maximum Gasteiger partial charge on any atom is 0.0885 e. The number of likely N-dealkylation sites (tertiary alicyclic amines) is 1. The first-order chi connectivity index (χ1) is 11.8. The quantitative estimate of drug-likeness (QED) is 0.741. The first kappa shape index (κ1) is 18.7. The molecule has 0 aromatic heterocycles. The molecule has 2 saturated carbocycles. The van der Waals surface area contributed by atoms with Crippen molar-refractivity contribution in [3.8, 4) is 0 Å².